The normalized spacial score (nSPS) is 37.5. The van der Waals surface area contributed by atoms with Gasteiger partial charge in [0.1, 0.15) is 0 Å². The van der Waals surface area contributed by atoms with E-state index in [1.807, 2.05) is 0 Å². The number of ether oxygens (including phenoxy) is 1. The third-order valence-corrected chi connectivity index (χ3v) is 5.43. The summed E-state index contributed by atoms with van der Waals surface area (Å²) in [6.45, 7) is -0.528. The minimum atomic E-state index is -3.83. The fourth-order valence-corrected chi connectivity index (χ4v) is 4.89. The van der Waals surface area contributed by atoms with Crippen LogP contribution < -0.4 is 0 Å². The molecule has 118 valence electrons. The molecule has 0 saturated heterocycles. The van der Waals surface area contributed by atoms with Gasteiger partial charge in [-0.1, -0.05) is 0 Å². The number of alkyl halides is 2. The predicted molar refractivity (Wildman–Crippen MR) is 68.8 cm³/mol. The Morgan fingerprint density at radius 1 is 1.10 bits per heavy atom. The van der Waals surface area contributed by atoms with Crippen LogP contribution in [0.2, 0.25) is 0 Å². The van der Waals surface area contributed by atoms with Gasteiger partial charge in [0.25, 0.3) is 0 Å². The van der Waals surface area contributed by atoms with Crippen molar-refractivity contribution in [3.8, 4) is 0 Å². The summed E-state index contributed by atoms with van der Waals surface area (Å²) in [6, 6.07) is 0. The number of carboxylic acid groups (broad SMARTS) is 1. The highest BCUT2D eigenvalue weighted by Crippen LogP contribution is 2.60. The number of aliphatic carboxylic acids is 1. The van der Waals surface area contributed by atoms with E-state index in [-0.39, 0.29) is 5.97 Å². The highest BCUT2D eigenvalue weighted by molar-refractivity contribution is 5.78. The first kappa shape index (κ1) is 14.7. The fourth-order valence-electron chi connectivity index (χ4n) is 4.89. The Morgan fingerprint density at radius 3 is 2.00 bits per heavy atom. The van der Waals surface area contributed by atoms with Gasteiger partial charge in [-0.2, -0.15) is 8.78 Å². The molecule has 4 bridgehead atoms. The summed E-state index contributed by atoms with van der Waals surface area (Å²) in [5.41, 5.74) is -0.479. The lowest BCUT2D eigenvalue weighted by molar-refractivity contribution is -0.178. The van der Waals surface area contributed by atoms with E-state index in [0.29, 0.717) is 17.8 Å². The topological polar surface area (TPSA) is 63.6 Å². The Labute approximate surface area is 121 Å². The number of esters is 1. The Kier molecular flexibility index (Phi) is 3.45. The van der Waals surface area contributed by atoms with E-state index in [2.05, 4.69) is 0 Å². The van der Waals surface area contributed by atoms with Gasteiger partial charge >= 0.3 is 17.9 Å². The van der Waals surface area contributed by atoms with E-state index < -0.39 is 30.3 Å². The van der Waals surface area contributed by atoms with Gasteiger partial charge in [-0.25, -0.2) is 4.79 Å². The van der Waals surface area contributed by atoms with Crippen molar-refractivity contribution in [3.63, 3.8) is 0 Å². The molecule has 0 spiro atoms. The van der Waals surface area contributed by atoms with Crippen molar-refractivity contribution in [2.45, 2.75) is 50.9 Å². The van der Waals surface area contributed by atoms with Crippen LogP contribution >= 0.6 is 0 Å². The van der Waals surface area contributed by atoms with Crippen LogP contribution in [-0.4, -0.2) is 29.6 Å². The molecule has 0 atom stereocenters. The summed E-state index contributed by atoms with van der Waals surface area (Å²) in [6.07, 6.45) is 5.03. The molecule has 0 aromatic rings. The number of hydrogen-bond acceptors (Lipinski definition) is 3. The highest BCUT2D eigenvalue weighted by Gasteiger charge is 2.55. The zero-order valence-corrected chi connectivity index (χ0v) is 11.8. The summed E-state index contributed by atoms with van der Waals surface area (Å²) >= 11 is 0. The summed E-state index contributed by atoms with van der Waals surface area (Å²) in [5, 5.41) is 8.35. The molecular weight excluding hydrogens is 282 g/mol. The van der Waals surface area contributed by atoms with Gasteiger partial charge < -0.3 is 9.84 Å². The Bertz CT molecular complexity index is 425. The summed E-state index contributed by atoms with van der Waals surface area (Å²) in [5.74, 6) is -4.67. The third-order valence-electron chi connectivity index (χ3n) is 5.43. The van der Waals surface area contributed by atoms with E-state index in [4.69, 9.17) is 9.84 Å². The van der Waals surface area contributed by atoms with E-state index in [1.54, 1.807) is 0 Å². The van der Waals surface area contributed by atoms with Crippen molar-refractivity contribution in [3.05, 3.63) is 0 Å². The molecule has 6 heteroatoms. The van der Waals surface area contributed by atoms with Crippen LogP contribution in [0, 0.1) is 23.2 Å². The molecule has 0 unspecified atom stereocenters. The molecule has 4 rings (SSSR count). The average molecular weight is 302 g/mol. The van der Waals surface area contributed by atoms with Gasteiger partial charge in [-0.3, -0.25) is 4.79 Å². The standard InChI is InChI=1S/C15H20F2O4/c16-15(17,12(18)19)1-2-21-13(20)14-6-9-3-10(7-14)5-11(4-9)8-14/h9-11H,1-8H2,(H,18,19). The number of halogens is 2. The van der Waals surface area contributed by atoms with Crippen molar-refractivity contribution in [2.24, 2.45) is 23.2 Å². The molecule has 0 radical (unpaired) electrons. The minimum absolute atomic E-state index is 0.386. The van der Waals surface area contributed by atoms with E-state index >= 15 is 0 Å². The summed E-state index contributed by atoms with van der Waals surface area (Å²) in [4.78, 5) is 22.7. The Balaban J connectivity index is 1.57. The lowest BCUT2D eigenvalue weighted by atomic mass is 9.49. The largest absolute Gasteiger partial charge is 0.477 e. The summed E-state index contributed by atoms with van der Waals surface area (Å²) in [7, 11) is 0. The van der Waals surface area contributed by atoms with Crippen molar-refractivity contribution < 1.29 is 28.2 Å². The molecular formula is C15H20F2O4. The molecule has 0 aromatic heterocycles. The first-order valence-corrected chi connectivity index (χ1v) is 7.59. The number of hydrogen-bond donors (Lipinski definition) is 1. The van der Waals surface area contributed by atoms with Crippen LogP contribution in [0.25, 0.3) is 0 Å². The first-order chi connectivity index (χ1) is 9.81. The number of carboxylic acids is 1. The lowest BCUT2D eigenvalue weighted by Gasteiger charge is -2.55. The quantitative estimate of drug-likeness (QED) is 0.793. The zero-order valence-electron chi connectivity index (χ0n) is 11.8. The van der Waals surface area contributed by atoms with Crippen LogP contribution in [0.15, 0.2) is 0 Å². The van der Waals surface area contributed by atoms with Gasteiger partial charge in [0, 0.05) is 0 Å². The maximum absolute atomic E-state index is 13.0. The molecule has 4 saturated carbocycles. The van der Waals surface area contributed by atoms with Crippen LogP contribution in [-0.2, 0) is 14.3 Å². The van der Waals surface area contributed by atoms with E-state index in [0.717, 1.165) is 19.3 Å². The Morgan fingerprint density at radius 2 is 1.57 bits per heavy atom. The van der Waals surface area contributed by atoms with Crippen LogP contribution in [0.4, 0.5) is 8.78 Å². The van der Waals surface area contributed by atoms with Crippen molar-refractivity contribution in [2.75, 3.05) is 6.61 Å². The van der Waals surface area contributed by atoms with Crippen LogP contribution in [0.3, 0.4) is 0 Å². The molecule has 0 aliphatic heterocycles. The summed E-state index contributed by atoms with van der Waals surface area (Å²) < 4.78 is 31.0. The molecule has 21 heavy (non-hydrogen) atoms. The SMILES string of the molecule is O=C(O)C(F)(F)CCOC(=O)C12CC3CC(CC(C3)C1)C2. The minimum Gasteiger partial charge on any atom is -0.477 e. The number of carbonyl (C=O) groups is 2. The van der Waals surface area contributed by atoms with Gasteiger partial charge in [0.15, 0.2) is 0 Å². The van der Waals surface area contributed by atoms with Gasteiger partial charge in [-0.05, 0) is 56.3 Å². The average Bonchev–Trinajstić information content (AvgIpc) is 2.36. The van der Waals surface area contributed by atoms with E-state index in [1.165, 1.54) is 19.3 Å². The predicted octanol–water partition coefficient (Wildman–Crippen LogP) is 2.86. The molecule has 4 aliphatic carbocycles. The molecule has 0 aromatic carbocycles. The van der Waals surface area contributed by atoms with Gasteiger partial charge in [0.05, 0.1) is 18.4 Å². The first-order valence-electron chi connectivity index (χ1n) is 7.59. The van der Waals surface area contributed by atoms with Crippen LogP contribution in [0.5, 0.6) is 0 Å². The van der Waals surface area contributed by atoms with Crippen molar-refractivity contribution >= 4 is 11.9 Å². The second-order valence-corrected chi connectivity index (χ2v) is 7.09. The zero-order chi connectivity index (χ0) is 15.3. The number of carbonyl (C=O) groups excluding carboxylic acids is 1. The van der Waals surface area contributed by atoms with Crippen molar-refractivity contribution in [1.82, 2.24) is 0 Å². The second-order valence-electron chi connectivity index (χ2n) is 7.09. The molecule has 4 nitrogen and oxygen atoms in total. The maximum atomic E-state index is 13.0. The molecule has 4 aliphatic rings. The molecule has 4 fully saturated rings. The van der Waals surface area contributed by atoms with Crippen LogP contribution in [0.1, 0.15) is 44.9 Å². The van der Waals surface area contributed by atoms with Gasteiger partial charge in [-0.15, -0.1) is 0 Å². The molecule has 0 heterocycles. The number of rotatable bonds is 5. The fraction of sp³-hybridized carbons (Fsp3) is 0.867. The monoisotopic (exact) mass is 302 g/mol. The Hall–Kier alpha value is -1.20. The second kappa shape index (κ2) is 4.92. The third kappa shape index (κ3) is 2.64. The smallest absolute Gasteiger partial charge is 0.374 e. The molecule has 1 N–H and O–H groups in total. The highest BCUT2D eigenvalue weighted by atomic mass is 19.3. The maximum Gasteiger partial charge on any atom is 0.374 e. The molecule has 0 amide bonds. The van der Waals surface area contributed by atoms with Gasteiger partial charge in [0.2, 0.25) is 0 Å². The van der Waals surface area contributed by atoms with E-state index in [9.17, 15) is 18.4 Å². The lowest BCUT2D eigenvalue weighted by Crippen LogP contribution is -2.50. The van der Waals surface area contributed by atoms with Crippen molar-refractivity contribution in [1.29, 1.82) is 0 Å².